The SMILES string of the molecule is Cc1cc(NC(=O)c2ccc(S(=O)(=O)NCCO)cc2N2CC[C@@]3(C(F)F)C[C@H]3C2)nc(N2CCC(F)(F)CC2)n1. The molecular weight excluding hydrogens is 568 g/mol. The van der Waals surface area contributed by atoms with Gasteiger partial charge in [0.25, 0.3) is 11.8 Å². The van der Waals surface area contributed by atoms with Crippen LogP contribution in [0.2, 0.25) is 0 Å². The van der Waals surface area contributed by atoms with E-state index in [1.165, 1.54) is 24.3 Å². The van der Waals surface area contributed by atoms with Gasteiger partial charge < -0.3 is 20.2 Å². The largest absolute Gasteiger partial charge is 0.395 e. The van der Waals surface area contributed by atoms with E-state index >= 15 is 0 Å². The first-order valence-corrected chi connectivity index (χ1v) is 14.9. The van der Waals surface area contributed by atoms with E-state index in [1.54, 1.807) is 16.7 Å². The van der Waals surface area contributed by atoms with E-state index in [-0.39, 0.29) is 85.8 Å². The Balaban J connectivity index is 1.42. The maximum Gasteiger partial charge on any atom is 0.258 e. The second kappa shape index (κ2) is 11.0. The van der Waals surface area contributed by atoms with Crippen molar-refractivity contribution in [3.63, 3.8) is 0 Å². The number of aryl methyl sites for hydroxylation is 1. The van der Waals surface area contributed by atoms with Crippen LogP contribution in [0.25, 0.3) is 0 Å². The monoisotopic (exact) mass is 600 g/mol. The topological polar surface area (TPSA) is 128 Å². The lowest BCUT2D eigenvalue weighted by molar-refractivity contribution is -0.0222. The molecule has 0 spiro atoms. The van der Waals surface area contributed by atoms with Gasteiger partial charge in [0.2, 0.25) is 22.4 Å². The van der Waals surface area contributed by atoms with Crippen LogP contribution in [-0.2, 0) is 10.0 Å². The minimum Gasteiger partial charge on any atom is -0.395 e. The number of amides is 1. The third-order valence-electron chi connectivity index (χ3n) is 8.13. The van der Waals surface area contributed by atoms with Crippen LogP contribution in [0.15, 0.2) is 29.2 Å². The third kappa shape index (κ3) is 6.11. The van der Waals surface area contributed by atoms with Crippen LogP contribution >= 0.6 is 0 Å². The smallest absolute Gasteiger partial charge is 0.258 e. The second-order valence-electron chi connectivity index (χ2n) is 10.9. The number of alkyl halides is 4. The first-order valence-electron chi connectivity index (χ1n) is 13.4. The number of rotatable bonds is 9. The number of carbonyl (C=O) groups excluding carboxylic acids is 1. The average Bonchev–Trinajstić information content (AvgIpc) is 3.67. The highest BCUT2D eigenvalue weighted by Gasteiger charge is 2.62. The highest BCUT2D eigenvalue weighted by atomic mass is 32.2. The molecule has 0 radical (unpaired) electrons. The number of piperidine rings is 2. The summed E-state index contributed by atoms with van der Waals surface area (Å²) in [6.07, 6.45) is -2.54. The molecule has 1 aliphatic carbocycles. The summed E-state index contributed by atoms with van der Waals surface area (Å²) in [6, 6.07) is 5.46. The van der Waals surface area contributed by atoms with Crippen molar-refractivity contribution in [2.45, 2.75) is 49.9 Å². The average molecular weight is 601 g/mol. The summed E-state index contributed by atoms with van der Waals surface area (Å²) >= 11 is 0. The van der Waals surface area contributed by atoms with Gasteiger partial charge in [-0.3, -0.25) is 4.79 Å². The summed E-state index contributed by atoms with van der Waals surface area (Å²) in [4.78, 5) is 25.5. The van der Waals surface area contributed by atoms with Crippen LogP contribution in [0, 0.1) is 18.3 Å². The Kier molecular flexibility index (Phi) is 7.89. The number of hydrogen-bond donors (Lipinski definition) is 3. The summed E-state index contributed by atoms with van der Waals surface area (Å²) in [5.74, 6) is -3.28. The molecule has 3 fully saturated rings. The van der Waals surface area contributed by atoms with Crippen molar-refractivity contribution >= 4 is 33.4 Å². The van der Waals surface area contributed by atoms with Crippen molar-refractivity contribution in [3.8, 4) is 0 Å². The lowest BCUT2D eigenvalue weighted by Gasteiger charge is -2.34. The van der Waals surface area contributed by atoms with Gasteiger partial charge in [-0.15, -0.1) is 0 Å². The number of fused-ring (bicyclic) bond motifs is 1. The molecule has 2 atom stereocenters. The first kappa shape index (κ1) is 29.5. The molecule has 1 aromatic carbocycles. The summed E-state index contributed by atoms with van der Waals surface area (Å²) in [7, 11) is -4.01. The van der Waals surface area contributed by atoms with E-state index < -0.39 is 40.3 Å². The van der Waals surface area contributed by atoms with Crippen LogP contribution in [0.3, 0.4) is 0 Å². The second-order valence-corrected chi connectivity index (χ2v) is 12.7. The summed E-state index contributed by atoms with van der Waals surface area (Å²) < 4.78 is 82.4. The van der Waals surface area contributed by atoms with E-state index in [1.807, 2.05) is 0 Å². The number of aromatic nitrogens is 2. The maximum absolute atomic E-state index is 13.7. The van der Waals surface area contributed by atoms with Gasteiger partial charge in [0.1, 0.15) is 5.82 Å². The zero-order valence-corrected chi connectivity index (χ0v) is 23.2. The Morgan fingerprint density at radius 3 is 2.49 bits per heavy atom. The van der Waals surface area contributed by atoms with Gasteiger partial charge in [0.15, 0.2) is 0 Å². The van der Waals surface area contributed by atoms with Crippen LogP contribution in [0.5, 0.6) is 0 Å². The molecule has 3 N–H and O–H groups in total. The molecule has 1 aromatic heterocycles. The molecule has 3 heterocycles. The van der Waals surface area contributed by atoms with Crippen LogP contribution in [0.1, 0.15) is 41.7 Å². The van der Waals surface area contributed by atoms with Crippen molar-refractivity contribution in [2.75, 3.05) is 54.4 Å². The zero-order chi connectivity index (χ0) is 29.6. The number of sulfonamides is 1. The van der Waals surface area contributed by atoms with Gasteiger partial charge in [-0.25, -0.2) is 35.7 Å². The number of anilines is 3. The lowest BCUT2D eigenvalue weighted by Crippen LogP contribution is -2.40. The first-order chi connectivity index (χ1) is 19.3. The van der Waals surface area contributed by atoms with Gasteiger partial charge in [0, 0.05) is 62.7 Å². The number of nitrogens with one attached hydrogen (secondary N) is 2. The van der Waals surface area contributed by atoms with Crippen LogP contribution in [-0.4, -0.2) is 81.1 Å². The summed E-state index contributed by atoms with van der Waals surface area (Å²) in [5.41, 5.74) is -0.133. The lowest BCUT2D eigenvalue weighted by atomic mass is 9.95. The van der Waals surface area contributed by atoms with Crippen molar-refractivity contribution < 1.29 is 35.9 Å². The van der Waals surface area contributed by atoms with E-state index in [9.17, 15) is 30.8 Å². The number of aliphatic hydroxyl groups is 1. The number of nitrogens with zero attached hydrogens (tertiary/aromatic N) is 4. The Morgan fingerprint density at radius 1 is 1.12 bits per heavy atom. The van der Waals surface area contributed by atoms with E-state index in [0.29, 0.717) is 12.1 Å². The fraction of sp³-hybridized carbons (Fsp3) is 0.577. The quantitative estimate of drug-likeness (QED) is 0.375. The van der Waals surface area contributed by atoms with Crippen molar-refractivity contribution in [1.29, 1.82) is 0 Å². The third-order valence-corrected chi connectivity index (χ3v) is 9.59. The van der Waals surface area contributed by atoms with Gasteiger partial charge in [0.05, 0.1) is 22.8 Å². The number of hydrogen-bond acceptors (Lipinski definition) is 8. The highest BCUT2D eigenvalue weighted by molar-refractivity contribution is 7.89. The molecule has 1 amide bonds. The molecule has 5 rings (SSSR count). The standard InChI is InChI=1S/C26H32F4N6O4S/c1-16-12-21(34-24(32-16)35-9-5-26(29,30)6-10-35)33-22(38)19-3-2-18(41(39,40)31-7-11-37)13-20(19)36-8-4-25(23(27)28)14-17(25)15-36/h2-3,12-13,17,23,31,37H,4-11,14-15H2,1H3,(H,32,33,34,38)/t17-,25+/m0/s1. The Labute approximate surface area is 235 Å². The molecule has 10 nitrogen and oxygen atoms in total. The van der Waals surface area contributed by atoms with Crippen molar-refractivity contribution in [1.82, 2.24) is 14.7 Å². The number of carbonyl (C=O) groups is 1. The van der Waals surface area contributed by atoms with Crippen LogP contribution < -0.4 is 19.8 Å². The van der Waals surface area contributed by atoms with E-state index in [4.69, 9.17) is 5.11 Å². The van der Waals surface area contributed by atoms with E-state index in [0.717, 1.165) is 0 Å². The predicted octanol–water partition coefficient (Wildman–Crippen LogP) is 3.02. The fourth-order valence-corrected chi connectivity index (χ4v) is 6.66. The Morgan fingerprint density at radius 2 is 1.83 bits per heavy atom. The van der Waals surface area contributed by atoms with Gasteiger partial charge in [-0.1, -0.05) is 0 Å². The fourth-order valence-electron chi connectivity index (χ4n) is 5.62. The molecule has 2 aromatic rings. The molecule has 0 unspecified atom stereocenters. The number of aliphatic hydroxyl groups excluding tert-OH is 1. The molecule has 2 aliphatic heterocycles. The molecular formula is C26H32F4N6O4S. The van der Waals surface area contributed by atoms with Gasteiger partial charge in [-0.2, -0.15) is 4.98 Å². The molecule has 41 heavy (non-hydrogen) atoms. The predicted molar refractivity (Wildman–Crippen MR) is 143 cm³/mol. The maximum atomic E-state index is 13.7. The van der Waals surface area contributed by atoms with Crippen molar-refractivity contribution in [2.24, 2.45) is 11.3 Å². The highest BCUT2D eigenvalue weighted by Crippen LogP contribution is 2.61. The zero-order valence-electron chi connectivity index (χ0n) is 22.4. The molecule has 1 saturated carbocycles. The molecule has 224 valence electrons. The molecule has 2 saturated heterocycles. The summed E-state index contributed by atoms with van der Waals surface area (Å²) in [5, 5.41) is 11.7. The Bertz CT molecular complexity index is 1420. The molecule has 3 aliphatic rings. The minimum atomic E-state index is -4.01. The molecule has 15 heteroatoms. The minimum absolute atomic E-state index is 0.0600. The number of benzene rings is 1. The van der Waals surface area contributed by atoms with Crippen molar-refractivity contribution in [3.05, 3.63) is 35.5 Å². The normalized spacial score (nSPS) is 23.8. The van der Waals surface area contributed by atoms with Gasteiger partial charge >= 0.3 is 0 Å². The Hall–Kier alpha value is -3.04. The number of halogens is 4. The van der Waals surface area contributed by atoms with Crippen LogP contribution in [0.4, 0.5) is 35.0 Å². The van der Waals surface area contributed by atoms with E-state index in [2.05, 4.69) is 20.0 Å². The summed E-state index contributed by atoms with van der Waals surface area (Å²) in [6.45, 7) is 1.65. The molecule has 0 bridgehead atoms. The van der Waals surface area contributed by atoms with Gasteiger partial charge in [-0.05, 0) is 43.9 Å².